The smallest absolute Gasteiger partial charge is 0.325 e. The second kappa shape index (κ2) is 8.43. The van der Waals surface area contributed by atoms with Crippen LogP contribution in [0.4, 0.5) is 0 Å². The predicted octanol–water partition coefficient (Wildman–Crippen LogP) is 2.61. The first kappa shape index (κ1) is 16.3. The summed E-state index contributed by atoms with van der Waals surface area (Å²) in [4.78, 5) is 11.4. The number of carboxylic acids is 1. The standard InChI is InChI=1S/C15H23NO4/c1-4-6-9-16-14(15(17)18)11-7-8-12(19-3)13(10-11)20-5-2/h7-8,10,14,16H,4-6,9H2,1-3H3,(H,17,18). The molecule has 112 valence electrons. The van der Waals surface area contributed by atoms with E-state index in [-0.39, 0.29) is 0 Å². The molecule has 0 spiro atoms. The van der Waals surface area contributed by atoms with E-state index in [2.05, 4.69) is 12.2 Å². The Morgan fingerprint density at radius 1 is 1.35 bits per heavy atom. The highest BCUT2D eigenvalue weighted by molar-refractivity contribution is 5.76. The van der Waals surface area contributed by atoms with E-state index in [0.717, 1.165) is 12.8 Å². The summed E-state index contributed by atoms with van der Waals surface area (Å²) in [5.74, 6) is 0.276. The van der Waals surface area contributed by atoms with Crippen LogP contribution in [0, 0.1) is 0 Å². The molecule has 1 rings (SSSR count). The molecule has 0 radical (unpaired) electrons. The molecule has 0 bridgehead atoms. The maximum Gasteiger partial charge on any atom is 0.325 e. The van der Waals surface area contributed by atoms with Gasteiger partial charge in [0.2, 0.25) is 0 Å². The molecule has 0 aliphatic heterocycles. The van der Waals surface area contributed by atoms with Crippen LogP contribution in [-0.4, -0.2) is 31.3 Å². The molecule has 20 heavy (non-hydrogen) atoms. The fraction of sp³-hybridized carbons (Fsp3) is 0.533. The molecule has 1 aromatic carbocycles. The van der Waals surface area contributed by atoms with Crippen LogP contribution in [0.5, 0.6) is 11.5 Å². The van der Waals surface area contributed by atoms with Gasteiger partial charge in [0.1, 0.15) is 6.04 Å². The molecule has 2 N–H and O–H groups in total. The highest BCUT2D eigenvalue weighted by atomic mass is 16.5. The van der Waals surface area contributed by atoms with Gasteiger partial charge in [0, 0.05) is 0 Å². The Morgan fingerprint density at radius 2 is 2.10 bits per heavy atom. The molecule has 1 atom stereocenters. The summed E-state index contributed by atoms with van der Waals surface area (Å²) in [6.07, 6.45) is 1.96. The summed E-state index contributed by atoms with van der Waals surface area (Å²) in [6.45, 7) is 5.11. The van der Waals surface area contributed by atoms with Crippen molar-refractivity contribution in [2.24, 2.45) is 0 Å². The summed E-state index contributed by atoms with van der Waals surface area (Å²) >= 11 is 0. The van der Waals surface area contributed by atoms with Crippen LogP contribution >= 0.6 is 0 Å². The van der Waals surface area contributed by atoms with Crippen molar-refractivity contribution < 1.29 is 19.4 Å². The summed E-state index contributed by atoms with van der Waals surface area (Å²) in [5, 5.41) is 12.4. The molecule has 0 saturated heterocycles. The lowest BCUT2D eigenvalue weighted by Crippen LogP contribution is -2.29. The average Bonchev–Trinajstić information content (AvgIpc) is 2.43. The molecule has 0 amide bonds. The number of rotatable bonds is 9. The number of carboxylic acid groups (broad SMARTS) is 1. The van der Waals surface area contributed by atoms with Crippen LogP contribution in [0.15, 0.2) is 18.2 Å². The zero-order valence-electron chi connectivity index (χ0n) is 12.3. The normalized spacial score (nSPS) is 11.9. The van der Waals surface area contributed by atoms with Gasteiger partial charge in [-0.3, -0.25) is 4.79 Å². The van der Waals surface area contributed by atoms with Gasteiger partial charge in [-0.1, -0.05) is 19.4 Å². The quantitative estimate of drug-likeness (QED) is 0.681. The lowest BCUT2D eigenvalue weighted by Gasteiger charge is -2.17. The molecule has 0 aromatic heterocycles. The number of ether oxygens (including phenoxy) is 2. The SMILES string of the molecule is CCCCNC(C(=O)O)c1ccc(OC)c(OCC)c1. The number of carbonyl (C=O) groups is 1. The van der Waals surface area contributed by atoms with Gasteiger partial charge in [-0.15, -0.1) is 0 Å². The highest BCUT2D eigenvalue weighted by Gasteiger charge is 2.20. The predicted molar refractivity (Wildman–Crippen MR) is 77.5 cm³/mol. The summed E-state index contributed by atoms with van der Waals surface area (Å²) in [5.41, 5.74) is 0.665. The maximum absolute atomic E-state index is 11.4. The third-order valence-electron chi connectivity index (χ3n) is 2.95. The number of methoxy groups -OCH3 is 1. The average molecular weight is 281 g/mol. The number of benzene rings is 1. The third kappa shape index (κ3) is 4.42. The summed E-state index contributed by atoms with van der Waals surface area (Å²) in [7, 11) is 1.56. The van der Waals surface area contributed by atoms with Gasteiger partial charge < -0.3 is 19.9 Å². The van der Waals surface area contributed by atoms with Crippen LogP contribution < -0.4 is 14.8 Å². The van der Waals surface area contributed by atoms with Gasteiger partial charge in [-0.25, -0.2) is 0 Å². The van der Waals surface area contributed by atoms with Crippen molar-refractivity contribution in [2.45, 2.75) is 32.7 Å². The van der Waals surface area contributed by atoms with E-state index in [1.165, 1.54) is 0 Å². The Bertz CT molecular complexity index is 434. The minimum absolute atomic E-state index is 0.501. The number of unbranched alkanes of at least 4 members (excludes halogenated alkanes) is 1. The van der Waals surface area contributed by atoms with Gasteiger partial charge in [0.05, 0.1) is 13.7 Å². The molecule has 1 unspecified atom stereocenters. The van der Waals surface area contributed by atoms with E-state index < -0.39 is 12.0 Å². The Hall–Kier alpha value is -1.75. The van der Waals surface area contributed by atoms with Crippen molar-refractivity contribution in [2.75, 3.05) is 20.3 Å². The van der Waals surface area contributed by atoms with Crippen LogP contribution in [0.25, 0.3) is 0 Å². The molecule has 0 saturated carbocycles. The molecule has 5 heteroatoms. The molecule has 1 aromatic rings. The Kier molecular flexibility index (Phi) is 6.87. The fourth-order valence-electron chi connectivity index (χ4n) is 1.91. The van der Waals surface area contributed by atoms with Crippen molar-refractivity contribution in [3.05, 3.63) is 23.8 Å². The van der Waals surface area contributed by atoms with Gasteiger partial charge in [-0.2, -0.15) is 0 Å². The summed E-state index contributed by atoms with van der Waals surface area (Å²) < 4.78 is 10.7. The zero-order chi connectivity index (χ0) is 15.0. The number of hydrogen-bond donors (Lipinski definition) is 2. The van der Waals surface area contributed by atoms with Gasteiger partial charge in [0.15, 0.2) is 11.5 Å². The van der Waals surface area contributed by atoms with E-state index in [1.807, 2.05) is 6.92 Å². The van der Waals surface area contributed by atoms with Gasteiger partial charge >= 0.3 is 5.97 Å². The molecule has 0 aliphatic carbocycles. The lowest BCUT2D eigenvalue weighted by atomic mass is 10.1. The van der Waals surface area contributed by atoms with Gasteiger partial charge in [0.25, 0.3) is 0 Å². The minimum Gasteiger partial charge on any atom is -0.493 e. The topological polar surface area (TPSA) is 67.8 Å². The van der Waals surface area contributed by atoms with Crippen molar-refractivity contribution in [1.29, 1.82) is 0 Å². The minimum atomic E-state index is -0.895. The van der Waals surface area contributed by atoms with E-state index in [0.29, 0.717) is 30.2 Å². The molecule has 0 aliphatic rings. The summed E-state index contributed by atoms with van der Waals surface area (Å²) in [6, 6.07) is 4.48. The monoisotopic (exact) mass is 281 g/mol. The molecule has 0 heterocycles. The third-order valence-corrected chi connectivity index (χ3v) is 2.95. The van der Waals surface area contributed by atoms with Crippen molar-refractivity contribution in [1.82, 2.24) is 5.32 Å². The number of nitrogens with one attached hydrogen (secondary N) is 1. The number of hydrogen-bond acceptors (Lipinski definition) is 4. The fourth-order valence-corrected chi connectivity index (χ4v) is 1.91. The molecular weight excluding hydrogens is 258 g/mol. The number of aliphatic carboxylic acids is 1. The molecular formula is C15H23NO4. The molecule has 0 fully saturated rings. The first-order chi connectivity index (χ1) is 9.63. The van der Waals surface area contributed by atoms with E-state index in [4.69, 9.17) is 9.47 Å². The van der Waals surface area contributed by atoms with Crippen LogP contribution in [0.2, 0.25) is 0 Å². The Labute approximate surface area is 119 Å². The Balaban J connectivity index is 2.95. The van der Waals surface area contributed by atoms with E-state index in [9.17, 15) is 9.90 Å². The van der Waals surface area contributed by atoms with Crippen molar-refractivity contribution in [3.8, 4) is 11.5 Å². The van der Waals surface area contributed by atoms with Crippen LogP contribution in [-0.2, 0) is 4.79 Å². The largest absolute Gasteiger partial charge is 0.493 e. The van der Waals surface area contributed by atoms with E-state index in [1.54, 1.807) is 25.3 Å². The van der Waals surface area contributed by atoms with E-state index >= 15 is 0 Å². The van der Waals surface area contributed by atoms with Crippen molar-refractivity contribution >= 4 is 5.97 Å². The maximum atomic E-state index is 11.4. The Morgan fingerprint density at radius 3 is 2.65 bits per heavy atom. The zero-order valence-corrected chi connectivity index (χ0v) is 12.3. The van der Waals surface area contributed by atoms with Crippen molar-refractivity contribution in [3.63, 3.8) is 0 Å². The van der Waals surface area contributed by atoms with Crippen LogP contribution in [0.1, 0.15) is 38.3 Å². The second-order valence-electron chi connectivity index (χ2n) is 4.42. The second-order valence-corrected chi connectivity index (χ2v) is 4.42. The first-order valence-corrected chi connectivity index (χ1v) is 6.90. The molecule has 5 nitrogen and oxygen atoms in total. The highest BCUT2D eigenvalue weighted by Crippen LogP contribution is 2.30. The first-order valence-electron chi connectivity index (χ1n) is 6.90. The van der Waals surface area contributed by atoms with Gasteiger partial charge in [-0.05, 0) is 37.6 Å². The van der Waals surface area contributed by atoms with Crippen LogP contribution in [0.3, 0.4) is 0 Å². The lowest BCUT2D eigenvalue weighted by molar-refractivity contribution is -0.139.